The molecular formula is C17H19N3O3. The SMILES string of the molecule is COC(c1nc(-c2cccc(N3CCCC3=O)c2)no1)C1CC1. The van der Waals surface area contributed by atoms with Crippen LogP contribution < -0.4 is 4.90 Å². The number of amides is 1. The van der Waals surface area contributed by atoms with E-state index in [0.29, 0.717) is 24.1 Å². The van der Waals surface area contributed by atoms with Gasteiger partial charge < -0.3 is 14.2 Å². The molecular weight excluding hydrogens is 294 g/mol. The van der Waals surface area contributed by atoms with Gasteiger partial charge in [0.05, 0.1) is 0 Å². The average molecular weight is 313 g/mol. The zero-order chi connectivity index (χ0) is 15.8. The summed E-state index contributed by atoms with van der Waals surface area (Å²) in [5, 5.41) is 4.08. The number of aromatic nitrogens is 2. The van der Waals surface area contributed by atoms with E-state index < -0.39 is 0 Å². The number of rotatable bonds is 5. The summed E-state index contributed by atoms with van der Waals surface area (Å²) >= 11 is 0. The minimum atomic E-state index is -0.111. The van der Waals surface area contributed by atoms with Crippen molar-refractivity contribution in [3.8, 4) is 11.4 Å². The minimum Gasteiger partial charge on any atom is -0.371 e. The van der Waals surface area contributed by atoms with Gasteiger partial charge in [-0.2, -0.15) is 4.98 Å². The highest BCUT2D eigenvalue weighted by Crippen LogP contribution is 2.42. The first-order valence-corrected chi connectivity index (χ1v) is 8.03. The number of anilines is 1. The predicted octanol–water partition coefficient (Wildman–Crippen LogP) is 2.96. The molecule has 1 atom stereocenters. The second-order valence-corrected chi connectivity index (χ2v) is 6.15. The molecule has 6 heteroatoms. The Kier molecular flexibility index (Phi) is 3.61. The van der Waals surface area contributed by atoms with Crippen LogP contribution in [0.5, 0.6) is 0 Å². The molecule has 23 heavy (non-hydrogen) atoms. The van der Waals surface area contributed by atoms with Crippen LogP contribution in [0.1, 0.15) is 37.7 Å². The number of methoxy groups -OCH3 is 1. The number of carbonyl (C=O) groups excluding carboxylic acids is 1. The molecule has 0 N–H and O–H groups in total. The van der Waals surface area contributed by atoms with Crippen LogP contribution in [0.4, 0.5) is 5.69 Å². The van der Waals surface area contributed by atoms with Crippen molar-refractivity contribution in [2.75, 3.05) is 18.6 Å². The smallest absolute Gasteiger partial charge is 0.256 e. The highest BCUT2D eigenvalue weighted by molar-refractivity contribution is 5.95. The Morgan fingerprint density at radius 2 is 2.26 bits per heavy atom. The number of hydrogen-bond donors (Lipinski definition) is 0. The van der Waals surface area contributed by atoms with Crippen LogP contribution in [0.2, 0.25) is 0 Å². The highest BCUT2D eigenvalue weighted by atomic mass is 16.5. The van der Waals surface area contributed by atoms with E-state index in [1.165, 1.54) is 0 Å². The van der Waals surface area contributed by atoms with Crippen LogP contribution in [0.25, 0.3) is 11.4 Å². The summed E-state index contributed by atoms with van der Waals surface area (Å²) in [6.45, 7) is 0.771. The molecule has 4 rings (SSSR count). The molecule has 1 aliphatic heterocycles. The third kappa shape index (κ3) is 2.74. The van der Waals surface area contributed by atoms with Gasteiger partial charge >= 0.3 is 0 Å². The third-order valence-electron chi connectivity index (χ3n) is 4.48. The van der Waals surface area contributed by atoms with Crippen LogP contribution in [-0.2, 0) is 9.53 Å². The zero-order valence-electron chi connectivity index (χ0n) is 13.1. The molecule has 6 nitrogen and oxygen atoms in total. The van der Waals surface area contributed by atoms with Crippen LogP contribution in [0, 0.1) is 5.92 Å². The largest absolute Gasteiger partial charge is 0.371 e. The van der Waals surface area contributed by atoms with Crippen LogP contribution >= 0.6 is 0 Å². The first-order valence-electron chi connectivity index (χ1n) is 8.03. The fourth-order valence-corrected chi connectivity index (χ4v) is 3.10. The number of ether oxygens (including phenoxy) is 1. The maximum absolute atomic E-state index is 11.9. The van der Waals surface area contributed by atoms with Gasteiger partial charge in [-0.25, -0.2) is 0 Å². The number of nitrogens with zero attached hydrogens (tertiary/aromatic N) is 3. The van der Waals surface area contributed by atoms with Gasteiger partial charge in [-0.1, -0.05) is 17.3 Å². The lowest BCUT2D eigenvalue weighted by Gasteiger charge is -2.15. The molecule has 2 heterocycles. The van der Waals surface area contributed by atoms with Gasteiger partial charge in [0.2, 0.25) is 11.7 Å². The van der Waals surface area contributed by atoms with E-state index in [1.807, 2.05) is 29.2 Å². The Labute approximate surface area is 134 Å². The van der Waals surface area contributed by atoms with Gasteiger partial charge in [0.15, 0.2) is 0 Å². The maximum Gasteiger partial charge on any atom is 0.256 e. The third-order valence-corrected chi connectivity index (χ3v) is 4.48. The second kappa shape index (κ2) is 5.77. The summed E-state index contributed by atoms with van der Waals surface area (Å²) in [5.41, 5.74) is 1.74. The lowest BCUT2D eigenvalue weighted by atomic mass is 10.1. The summed E-state index contributed by atoms with van der Waals surface area (Å²) in [5.74, 6) is 1.73. The highest BCUT2D eigenvalue weighted by Gasteiger charge is 2.36. The Balaban J connectivity index is 1.60. The molecule has 0 spiro atoms. The fraction of sp³-hybridized carbons (Fsp3) is 0.471. The summed E-state index contributed by atoms with van der Waals surface area (Å²) in [6, 6.07) is 7.73. The monoisotopic (exact) mass is 313 g/mol. The molecule has 2 aliphatic rings. The maximum atomic E-state index is 11.9. The van der Waals surface area contributed by atoms with Crippen molar-refractivity contribution in [1.82, 2.24) is 10.1 Å². The molecule has 0 radical (unpaired) electrons. The number of hydrogen-bond acceptors (Lipinski definition) is 5. The first kappa shape index (κ1) is 14.4. The Morgan fingerprint density at radius 1 is 1.39 bits per heavy atom. The normalized spacial score (nSPS) is 19.3. The molecule has 2 fully saturated rings. The van der Waals surface area contributed by atoms with E-state index in [9.17, 15) is 4.79 Å². The Bertz CT molecular complexity index is 723. The van der Waals surface area contributed by atoms with Crippen molar-refractivity contribution in [2.24, 2.45) is 5.92 Å². The average Bonchev–Trinajstić information content (AvgIpc) is 3.11. The Morgan fingerprint density at radius 3 is 2.96 bits per heavy atom. The second-order valence-electron chi connectivity index (χ2n) is 6.15. The molecule has 1 saturated heterocycles. The van der Waals surface area contributed by atoms with E-state index in [-0.39, 0.29) is 12.0 Å². The zero-order valence-corrected chi connectivity index (χ0v) is 13.1. The molecule has 1 unspecified atom stereocenters. The topological polar surface area (TPSA) is 68.5 Å². The molecule has 1 amide bonds. The van der Waals surface area contributed by atoms with Gasteiger partial charge in [-0.05, 0) is 37.3 Å². The Hall–Kier alpha value is -2.21. The molecule has 2 aromatic rings. The molecule has 1 aromatic carbocycles. The summed E-state index contributed by atoms with van der Waals surface area (Å²) < 4.78 is 10.9. The van der Waals surface area contributed by atoms with Crippen molar-refractivity contribution in [3.05, 3.63) is 30.2 Å². The molecule has 1 aromatic heterocycles. The summed E-state index contributed by atoms with van der Waals surface area (Å²) in [4.78, 5) is 18.2. The quantitative estimate of drug-likeness (QED) is 0.849. The minimum absolute atomic E-state index is 0.111. The van der Waals surface area contributed by atoms with Gasteiger partial charge in [0.1, 0.15) is 6.10 Å². The fourth-order valence-electron chi connectivity index (χ4n) is 3.10. The first-order chi connectivity index (χ1) is 11.3. The molecule has 0 bridgehead atoms. The van der Waals surface area contributed by atoms with E-state index in [0.717, 1.165) is 37.1 Å². The van der Waals surface area contributed by atoms with Crippen LogP contribution in [0.15, 0.2) is 28.8 Å². The van der Waals surface area contributed by atoms with Gasteiger partial charge in [-0.3, -0.25) is 4.79 Å². The van der Waals surface area contributed by atoms with E-state index in [4.69, 9.17) is 9.26 Å². The predicted molar refractivity (Wildman–Crippen MR) is 83.8 cm³/mol. The van der Waals surface area contributed by atoms with E-state index >= 15 is 0 Å². The lowest BCUT2D eigenvalue weighted by molar-refractivity contribution is -0.117. The molecule has 1 aliphatic carbocycles. The summed E-state index contributed by atoms with van der Waals surface area (Å²) in [6.07, 6.45) is 3.70. The number of benzene rings is 1. The van der Waals surface area contributed by atoms with Gasteiger partial charge in [-0.15, -0.1) is 0 Å². The summed E-state index contributed by atoms with van der Waals surface area (Å²) in [7, 11) is 1.67. The van der Waals surface area contributed by atoms with Gasteiger partial charge in [0, 0.05) is 31.3 Å². The van der Waals surface area contributed by atoms with E-state index in [1.54, 1.807) is 7.11 Å². The van der Waals surface area contributed by atoms with Crippen molar-refractivity contribution in [2.45, 2.75) is 31.8 Å². The van der Waals surface area contributed by atoms with E-state index in [2.05, 4.69) is 10.1 Å². The van der Waals surface area contributed by atoms with Crippen molar-refractivity contribution < 1.29 is 14.1 Å². The van der Waals surface area contributed by atoms with Crippen LogP contribution in [-0.4, -0.2) is 29.7 Å². The standard InChI is InChI=1S/C17H19N3O3/c1-22-15(11-7-8-11)17-18-16(19-23-17)12-4-2-5-13(10-12)20-9-3-6-14(20)21/h2,4-5,10-11,15H,3,6-9H2,1H3. The number of carbonyl (C=O) groups is 1. The molecule has 1 saturated carbocycles. The van der Waals surface area contributed by atoms with Crippen molar-refractivity contribution in [3.63, 3.8) is 0 Å². The lowest BCUT2D eigenvalue weighted by Crippen LogP contribution is -2.23. The molecule has 120 valence electrons. The van der Waals surface area contributed by atoms with Gasteiger partial charge in [0.25, 0.3) is 5.89 Å². The van der Waals surface area contributed by atoms with Crippen molar-refractivity contribution >= 4 is 11.6 Å². The van der Waals surface area contributed by atoms with Crippen molar-refractivity contribution in [1.29, 1.82) is 0 Å². The van der Waals surface area contributed by atoms with Crippen LogP contribution in [0.3, 0.4) is 0 Å².